The summed E-state index contributed by atoms with van der Waals surface area (Å²) < 4.78 is 41.9. The molecular formula is C32H41F2N3O6. The van der Waals surface area contributed by atoms with Gasteiger partial charge < -0.3 is 25.4 Å². The number of hydrogen-bond donors (Lipinski definition) is 3. The quantitative estimate of drug-likeness (QED) is 0.284. The fraction of sp³-hybridized carbons (Fsp3) is 0.500. The van der Waals surface area contributed by atoms with E-state index in [1.54, 1.807) is 6.07 Å². The first kappa shape index (κ1) is 33.5. The fourth-order valence-electron chi connectivity index (χ4n) is 5.11. The Hall–Kier alpha value is -4.02. The van der Waals surface area contributed by atoms with E-state index < -0.39 is 53.9 Å². The third kappa shape index (κ3) is 8.98. The number of halogens is 2. The standard InChI is InChI=1S/C32H41F2N3O6/c1-19(2)16-25(29(39)36-26(30(40)42-5)18-23-14-15-35-28(23)38)37-31(41)43-27(20(3)4)32(33,34)24-13-9-12-22(17-24)21-10-7-6-8-11-21/h6-13,17,19-20,23,25-27H,14-16,18H2,1-5H3,(H,35,38)(H,36,39)(H,37,41)/t23-,25-,26-,27?/m0/s1. The first-order chi connectivity index (χ1) is 20.3. The normalized spacial score (nSPS) is 17.1. The van der Waals surface area contributed by atoms with Gasteiger partial charge in [0.1, 0.15) is 12.1 Å². The molecule has 0 aliphatic carbocycles. The van der Waals surface area contributed by atoms with Gasteiger partial charge in [0.15, 0.2) is 6.10 Å². The lowest BCUT2D eigenvalue weighted by Gasteiger charge is -2.31. The van der Waals surface area contributed by atoms with Crippen LogP contribution in [0.2, 0.25) is 0 Å². The summed E-state index contributed by atoms with van der Waals surface area (Å²) in [6.45, 7) is 7.14. The molecule has 0 spiro atoms. The van der Waals surface area contributed by atoms with Crippen LogP contribution in [0.5, 0.6) is 0 Å². The number of esters is 1. The van der Waals surface area contributed by atoms with Crippen LogP contribution >= 0.6 is 0 Å². The Labute approximate surface area is 251 Å². The van der Waals surface area contributed by atoms with Gasteiger partial charge in [0.05, 0.1) is 7.11 Å². The molecule has 1 fully saturated rings. The van der Waals surface area contributed by atoms with Crippen LogP contribution in [0, 0.1) is 17.8 Å². The Balaban J connectivity index is 1.76. The summed E-state index contributed by atoms with van der Waals surface area (Å²) in [5, 5.41) is 7.67. The van der Waals surface area contributed by atoms with Crippen LogP contribution in [-0.4, -0.2) is 55.7 Å². The number of alkyl carbamates (subject to hydrolysis) is 1. The lowest BCUT2D eigenvalue weighted by atomic mass is 9.92. The van der Waals surface area contributed by atoms with Crippen molar-refractivity contribution in [1.82, 2.24) is 16.0 Å². The third-order valence-corrected chi connectivity index (χ3v) is 7.35. The summed E-state index contributed by atoms with van der Waals surface area (Å²) in [5.74, 6) is -6.59. The fourth-order valence-corrected chi connectivity index (χ4v) is 5.11. The number of hydrogen-bond acceptors (Lipinski definition) is 6. The average molecular weight is 602 g/mol. The Morgan fingerprint density at radius 1 is 0.977 bits per heavy atom. The van der Waals surface area contributed by atoms with E-state index in [9.17, 15) is 19.2 Å². The number of alkyl halides is 2. The SMILES string of the molecule is COC(=O)[C@H](C[C@@H]1CCNC1=O)NC(=O)[C@H](CC(C)C)NC(=O)OC(C(C)C)C(F)(F)c1cccc(-c2ccccc2)c1. The molecule has 234 valence electrons. The first-order valence-corrected chi connectivity index (χ1v) is 14.5. The highest BCUT2D eigenvalue weighted by Gasteiger charge is 2.46. The lowest BCUT2D eigenvalue weighted by Crippen LogP contribution is -2.54. The number of rotatable bonds is 13. The van der Waals surface area contributed by atoms with Crippen molar-refractivity contribution in [2.75, 3.05) is 13.7 Å². The third-order valence-electron chi connectivity index (χ3n) is 7.35. The summed E-state index contributed by atoms with van der Waals surface area (Å²) in [4.78, 5) is 50.8. The summed E-state index contributed by atoms with van der Waals surface area (Å²) in [6, 6.07) is 12.7. The van der Waals surface area contributed by atoms with Crippen LogP contribution in [0.15, 0.2) is 54.6 Å². The van der Waals surface area contributed by atoms with Crippen LogP contribution in [-0.2, 0) is 29.8 Å². The minimum atomic E-state index is -3.55. The number of ether oxygens (including phenoxy) is 2. The van der Waals surface area contributed by atoms with Crippen molar-refractivity contribution in [2.45, 2.75) is 71.1 Å². The van der Waals surface area contributed by atoms with Crippen molar-refractivity contribution in [3.05, 3.63) is 60.2 Å². The van der Waals surface area contributed by atoms with Crippen LogP contribution in [0.1, 0.15) is 52.5 Å². The molecule has 1 unspecified atom stereocenters. The Kier molecular flexibility index (Phi) is 11.6. The molecule has 9 nitrogen and oxygen atoms in total. The number of carbonyl (C=O) groups excluding carboxylic acids is 4. The van der Waals surface area contributed by atoms with Gasteiger partial charge in [-0.3, -0.25) is 9.59 Å². The zero-order valence-electron chi connectivity index (χ0n) is 25.2. The molecule has 4 atom stereocenters. The molecular weight excluding hydrogens is 560 g/mol. The average Bonchev–Trinajstić information content (AvgIpc) is 3.38. The van der Waals surface area contributed by atoms with Crippen molar-refractivity contribution < 1.29 is 37.4 Å². The molecule has 0 bridgehead atoms. The van der Waals surface area contributed by atoms with Crippen LogP contribution in [0.4, 0.5) is 13.6 Å². The van der Waals surface area contributed by atoms with Gasteiger partial charge in [0.25, 0.3) is 0 Å². The predicted molar refractivity (Wildman–Crippen MR) is 157 cm³/mol. The van der Waals surface area contributed by atoms with E-state index >= 15 is 8.78 Å². The van der Waals surface area contributed by atoms with Gasteiger partial charge in [0, 0.05) is 18.0 Å². The number of carbonyl (C=O) groups is 4. The first-order valence-electron chi connectivity index (χ1n) is 14.5. The molecule has 0 radical (unpaired) electrons. The largest absolute Gasteiger partial charge is 0.467 e. The van der Waals surface area contributed by atoms with Gasteiger partial charge in [-0.15, -0.1) is 0 Å². The van der Waals surface area contributed by atoms with E-state index in [-0.39, 0.29) is 30.2 Å². The van der Waals surface area contributed by atoms with Crippen molar-refractivity contribution >= 4 is 23.9 Å². The molecule has 3 rings (SSSR count). The summed E-state index contributed by atoms with van der Waals surface area (Å²) in [5.41, 5.74) is 1.05. The van der Waals surface area contributed by atoms with Gasteiger partial charge in [-0.1, -0.05) is 76.2 Å². The molecule has 1 heterocycles. The molecule has 1 saturated heterocycles. The number of benzene rings is 2. The number of methoxy groups -OCH3 is 1. The van der Waals surface area contributed by atoms with Gasteiger partial charge in [-0.05, 0) is 48.3 Å². The molecule has 43 heavy (non-hydrogen) atoms. The Morgan fingerprint density at radius 3 is 2.23 bits per heavy atom. The Morgan fingerprint density at radius 2 is 1.65 bits per heavy atom. The zero-order valence-corrected chi connectivity index (χ0v) is 25.2. The van der Waals surface area contributed by atoms with Gasteiger partial charge in [-0.25, -0.2) is 9.59 Å². The van der Waals surface area contributed by atoms with E-state index in [0.717, 1.165) is 5.56 Å². The van der Waals surface area contributed by atoms with Crippen molar-refractivity contribution in [1.29, 1.82) is 0 Å². The topological polar surface area (TPSA) is 123 Å². The van der Waals surface area contributed by atoms with Crippen molar-refractivity contribution in [3.63, 3.8) is 0 Å². The van der Waals surface area contributed by atoms with E-state index in [1.807, 2.05) is 44.2 Å². The molecule has 0 saturated carbocycles. The highest BCUT2D eigenvalue weighted by molar-refractivity contribution is 5.90. The van der Waals surface area contributed by atoms with E-state index in [4.69, 9.17) is 9.47 Å². The van der Waals surface area contributed by atoms with Gasteiger partial charge in [-0.2, -0.15) is 8.78 Å². The predicted octanol–water partition coefficient (Wildman–Crippen LogP) is 4.79. The van der Waals surface area contributed by atoms with E-state index in [2.05, 4.69) is 16.0 Å². The molecule has 2 aromatic carbocycles. The second-order valence-electron chi connectivity index (χ2n) is 11.6. The molecule has 2 aromatic rings. The Bertz CT molecular complexity index is 1270. The summed E-state index contributed by atoms with van der Waals surface area (Å²) in [7, 11) is 1.17. The number of amides is 3. The van der Waals surface area contributed by atoms with Gasteiger partial charge in [0.2, 0.25) is 11.8 Å². The van der Waals surface area contributed by atoms with Crippen molar-refractivity contribution in [3.8, 4) is 11.1 Å². The number of nitrogens with one attached hydrogen (secondary N) is 3. The lowest BCUT2D eigenvalue weighted by molar-refractivity contribution is -0.146. The minimum absolute atomic E-state index is 0.0206. The maximum atomic E-state index is 15.9. The molecule has 1 aliphatic heterocycles. The highest BCUT2D eigenvalue weighted by atomic mass is 19.3. The van der Waals surface area contributed by atoms with Gasteiger partial charge >= 0.3 is 18.0 Å². The molecule has 11 heteroatoms. The smallest absolute Gasteiger partial charge is 0.408 e. The monoisotopic (exact) mass is 601 g/mol. The maximum absolute atomic E-state index is 15.9. The van der Waals surface area contributed by atoms with E-state index in [1.165, 1.54) is 39.2 Å². The second-order valence-corrected chi connectivity index (χ2v) is 11.6. The van der Waals surface area contributed by atoms with Crippen LogP contribution in [0.3, 0.4) is 0 Å². The maximum Gasteiger partial charge on any atom is 0.408 e. The summed E-state index contributed by atoms with van der Waals surface area (Å²) >= 11 is 0. The zero-order chi connectivity index (χ0) is 31.7. The molecule has 1 aliphatic rings. The van der Waals surface area contributed by atoms with Crippen LogP contribution in [0.25, 0.3) is 11.1 Å². The minimum Gasteiger partial charge on any atom is -0.467 e. The second kappa shape index (κ2) is 14.9. The summed E-state index contributed by atoms with van der Waals surface area (Å²) in [6.07, 6.45) is -2.37. The van der Waals surface area contributed by atoms with E-state index in [0.29, 0.717) is 18.5 Å². The highest BCUT2D eigenvalue weighted by Crippen LogP contribution is 2.38. The molecule has 3 N–H and O–H groups in total. The molecule has 0 aromatic heterocycles. The molecule has 3 amide bonds. The van der Waals surface area contributed by atoms with Crippen LogP contribution < -0.4 is 16.0 Å². The van der Waals surface area contributed by atoms with Crippen molar-refractivity contribution in [2.24, 2.45) is 17.8 Å².